The first-order chi connectivity index (χ1) is 32.0. The van der Waals surface area contributed by atoms with E-state index >= 15 is 0 Å². The molecule has 0 aromatic heterocycles. The predicted molar refractivity (Wildman–Crippen MR) is 255 cm³/mol. The molecule has 1 unspecified atom stereocenters. The van der Waals surface area contributed by atoms with Gasteiger partial charge in [-0.1, -0.05) is 111 Å². The number of fused-ring (bicyclic) bond motifs is 1. The number of hydrogen-bond donors (Lipinski definition) is 7. The van der Waals surface area contributed by atoms with E-state index in [-0.39, 0.29) is 41.8 Å². The minimum Gasteiger partial charge on any atom is -0.356 e. The Balaban J connectivity index is 0.813. The number of carbonyl (C=O) groups is 5. The van der Waals surface area contributed by atoms with Gasteiger partial charge in [0.05, 0.1) is 18.5 Å². The summed E-state index contributed by atoms with van der Waals surface area (Å²) in [6.07, 6.45) is 9.27. The average Bonchev–Trinajstić information content (AvgIpc) is 3.87. The van der Waals surface area contributed by atoms with Crippen LogP contribution in [0, 0.1) is 11.6 Å². The second-order valence-corrected chi connectivity index (χ2v) is 18.5. The number of unbranched alkanes of at least 4 members (excludes halogenated alkanes) is 6. The number of amides is 5. The Bertz CT molecular complexity index is 2200. The lowest BCUT2D eigenvalue weighted by Gasteiger charge is -2.23. The lowest BCUT2D eigenvalue weighted by molar-refractivity contribution is -0.128. The highest BCUT2D eigenvalue weighted by Gasteiger charge is 2.42. The van der Waals surface area contributed by atoms with Crippen LogP contribution in [0.5, 0.6) is 0 Å². The quantitative estimate of drug-likeness (QED) is 0.0144. The van der Waals surface area contributed by atoms with E-state index in [0.29, 0.717) is 29.3 Å². The van der Waals surface area contributed by atoms with Gasteiger partial charge in [-0.25, -0.2) is 13.6 Å². The third kappa shape index (κ3) is 16.1. The number of urea groups is 1. The monoisotopic (exact) mass is 923 g/mol. The zero-order chi connectivity index (χ0) is 46.7. The number of carbonyl (C=O) groups excluding carboxylic acids is 5. The molecule has 2 heterocycles. The predicted octanol–water partition coefficient (Wildman–Crippen LogP) is 7.12. The fourth-order valence-corrected chi connectivity index (χ4v) is 9.80. The Hall–Kier alpha value is -5.64. The van der Waals surface area contributed by atoms with Gasteiger partial charge >= 0.3 is 6.03 Å². The lowest BCUT2D eigenvalue weighted by atomic mass is 10.0. The fraction of sp³-hybridized carbons (Fsp3) is 0.431. The van der Waals surface area contributed by atoms with Crippen molar-refractivity contribution in [3.05, 3.63) is 142 Å². The van der Waals surface area contributed by atoms with Crippen LogP contribution in [-0.4, -0.2) is 71.8 Å². The minimum absolute atomic E-state index is 0.0552. The van der Waals surface area contributed by atoms with E-state index in [9.17, 15) is 32.8 Å². The molecular weight excluding hydrogens is 861 g/mol. The Morgan fingerprint density at radius 2 is 1.33 bits per heavy atom. The SMILES string of the molecule is C[C@H](NC(=O)Cc1cc(F)cc(F)c1)C(=O)NC(NCc1ccc(C(=O)c2ccc(CNCCCCCCCCNC(=O)CCCC[C@@H]3SC[C@@H]4NC(=O)N[C@@H]43)cc2)cc1)c1ccccc1. The first-order valence-corrected chi connectivity index (χ1v) is 24.3. The molecule has 2 saturated heterocycles. The molecule has 0 saturated carbocycles. The molecule has 0 spiro atoms. The number of benzene rings is 4. The number of nitrogens with one attached hydrogen (secondary N) is 7. The van der Waals surface area contributed by atoms with Gasteiger partial charge in [0, 0.05) is 54.3 Å². The molecule has 0 radical (unpaired) electrons. The molecule has 2 aliphatic heterocycles. The molecule has 4 aromatic rings. The Morgan fingerprint density at radius 3 is 2.02 bits per heavy atom. The van der Waals surface area contributed by atoms with Crippen LogP contribution in [0.4, 0.5) is 13.6 Å². The van der Waals surface area contributed by atoms with E-state index < -0.39 is 35.7 Å². The van der Waals surface area contributed by atoms with E-state index in [1.54, 1.807) is 12.1 Å². The lowest BCUT2D eigenvalue weighted by Crippen LogP contribution is -2.48. The maximum atomic E-state index is 13.6. The third-order valence-electron chi connectivity index (χ3n) is 11.9. The third-order valence-corrected chi connectivity index (χ3v) is 13.4. The van der Waals surface area contributed by atoms with Crippen LogP contribution < -0.4 is 37.2 Å². The molecule has 5 amide bonds. The summed E-state index contributed by atoms with van der Waals surface area (Å²) in [6, 6.07) is 26.7. The fourth-order valence-electron chi connectivity index (χ4n) is 8.26. The maximum Gasteiger partial charge on any atom is 0.315 e. The van der Waals surface area contributed by atoms with Gasteiger partial charge in [-0.05, 0) is 73.5 Å². The van der Waals surface area contributed by atoms with Crippen molar-refractivity contribution >= 4 is 41.3 Å². The summed E-state index contributed by atoms with van der Waals surface area (Å²) in [4.78, 5) is 62.9. The molecule has 0 aliphatic carbocycles. The highest BCUT2D eigenvalue weighted by atomic mass is 32.2. The first kappa shape index (κ1) is 49.8. The van der Waals surface area contributed by atoms with E-state index in [0.717, 1.165) is 112 Å². The zero-order valence-corrected chi connectivity index (χ0v) is 38.5. The van der Waals surface area contributed by atoms with E-state index in [1.165, 1.54) is 13.3 Å². The maximum absolute atomic E-state index is 13.6. The van der Waals surface area contributed by atoms with Crippen LogP contribution in [0.15, 0.2) is 97.1 Å². The van der Waals surface area contributed by atoms with E-state index in [2.05, 4.69) is 37.2 Å². The highest BCUT2D eigenvalue weighted by Crippen LogP contribution is 2.33. The smallest absolute Gasteiger partial charge is 0.315 e. The van der Waals surface area contributed by atoms with Crippen molar-refractivity contribution in [2.75, 3.05) is 18.8 Å². The van der Waals surface area contributed by atoms with Crippen molar-refractivity contribution in [3.63, 3.8) is 0 Å². The van der Waals surface area contributed by atoms with Crippen molar-refractivity contribution < 1.29 is 32.8 Å². The van der Waals surface area contributed by atoms with Gasteiger partial charge < -0.3 is 31.9 Å². The molecule has 5 atom stereocenters. The van der Waals surface area contributed by atoms with Gasteiger partial charge in [-0.2, -0.15) is 11.8 Å². The normalized spacial score (nSPS) is 17.3. The summed E-state index contributed by atoms with van der Waals surface area (Å²) in [7, 11) is 0. The van der Waals surface area contributed by atoms with Gasteiger partial charge in [0.2, 0.25) is 17.7 Å². The summed E-state index contributed by atoms with van der Waals surface area (Å²) in [5, 5.41) is 21.9. The van der Waals surface area contributed by atoms with Gasteiger partial charge in [-0.3, -0.25) is 24.5 Å². The highest BCUT2D eigenvalue weighted by molar-refractivity contribution is 8.00. The summed E-state index contributed by atoms with van der Waals surface area (Å²) in [6.45, 7) is 4.28. The van der Waals surface area contributed by atoms with Crippen molar-refractivity contribution in [1.29, 1.82) is 0 Å². The van der Waals surface area contributed by atoms with Gasteiger partial charge in [0.15, 0.2) is 5.78 Å². The minimum atomic E-state index is -0.924. The van der Waals surface area contributed by atoms with Gasteiger partial charge in [0.1, 0.15) is 23.8 Å². The molecule has 7 N–H and O–H groups in total. The second-order valence-electron chi connectivity index (χ2n) is 17.2. The van der Waals surface area contributed by atoms with Crippen molar-refractivity contribution in [3.8, 4) is 0 Å². The number of thioether (sulfide) groups is 1. The van der Waals surface area contributed by atoms with Gasteiger partial charge in [0.25, 0.3) is 0 Å². The topological polar surface area (TPSA) is 170 Å². The molecule has 66 heavy (non-hydrogen) atoms. The Labute approximate surface area is 391 Å². The van der Waals surface area contributed by atoms with Crippen molar-refractivity contribution in [1.82, 2.24) is 37.2 Å². The van der Waals surface area contributed by atoms with E-state index in [1.807, 2.05) is 78.5 Å². The molecule has 2 aliphatic rings. The Morgan fingerprint density at radius 1 is 0.697 bits per heavy atom. The summed E-state index contributed by atoms with van der Waals surface area (Å²) < 4.78 is 27.2. The van der Waals surface area contributed by atoms with Crippen molar-refractivity contribution in [2.24, 2.45) is 0 Å². The molecule has 352 valence electrons. The average molecular weight is 924 g/mol. The van der Waals surface area contributed by atoms with E-state index in [4.69, 9.17) is 0 Å². The van der Waals surface area contributed by atoms with Crippen LogP contribution >= 0.6 is 11.8 Å². The molecule has 15 heteroatoms. The second kappa shape index (κ2) is 25.9. The molecule has 4 aromatic carbocycles. The standard InChI is InChI=1S/C51H63F2N7O5S/c1-34(57-46(62)29-37-27-41(52)30-42(53)28-37)50(64)60-49(40-13-7-6-8-14-40)56-32-36-19-23-39(24-20-36)48(63)38-21-17-35(18-22-38)31-54-25-11-4-2-3-5-12-26-55-45(61)16-10-9-15-44-47-43(33-66-44)58-51(65)59-47/h6-8,13-14,17-24,27-28,30,34,43-44,47,49,54,56H,2-5,9-12,15-16,25-26,29,31-33H2,1H3,(H,55,61)(H,57,62)(H,60,64)(H2,58,59,65)/t34-,43-,44-,47-,49?/m0/s1. The molecule has 0 bridgehead atoms. The van der Waals surface area contributed by atoms with Gasteiger partial charge in [-0.15, -0.1) is 0 Å². The van der Waals surface area contributed by atoms with Crippen LogP contribution in [0.1, 0.15) is 115 Å². The molecular formula is C51H63F2N7O5S. The van der Waals surface area contributed by atoms with Crippen LogP contribution in [-0.2, 0) is 33.9 Å². The van der Waals surface area contributed by atoms with Crippen molar-refractivity contribution in [2.45, 2.75) is 120 Å². The van der Waals surface area contributed by atoms with Crippen LogP contribution in [0.2, 0.25) is 0 Å². The molecule has 6 rings (SSSR count). The number of rotatable bonds is 27. The number of halogens is 2. The number of ketones is 1. The summed E-state index contributed by atoms with van der Waals surface area (Å²) in [5.41, 5.74) is 4.12. The summed E-state index contributed by atoms with van der Waals surface area (Å²) >= 11 is 1.92. The first-order valence-electron chi connectivity index (χ1n) is 23.2. The summed E-state index contributed by atoms with van der Waals surface area (Å²) in [5.74, 6) is -1.54. The number of hydrogen-bond acceptors (Lipinski definition) is 8. The molecule has 12 nitrogen and oxygen atoms in total. The largest absolute Gasteiger partial charge is 0.356 e. The molecule has 2 fully saturated rings. The van der Waals surface area contributed by atoms with Crippen LogP contribution in [0.3, 0.4) is 0 Å². The van der Waals surface area contributed by atoms with Crippen LogP contribution in [0.25, 0.3) is 0 Å². The zero-order valence-electron chi connectivity index (χ0n) is 37.6. The Kier molecular flexibility index (Phi) is 19.5.